The van der Waals surface area contributed by atoms with Crippen molar-refractivity contribution < 1.29 is 14.3 Å². The van der Waals surface area contributed by atoms with Gasteiger partial charge in [0.15, 0.2) is 5.67 Å². The molecule has 0 unspecified atom stereocenters. The summed E-state index contributed by atoms with van der Waals surface area (Å²) in [6.45, 7) is 0. The summed E-state index contributed by atoms with van der Waals surface area (Å²) in [6, 6.07) is 6.44. The fourth-order valence-corrected chi connectivity index (χ4v) is 1.91. The van der Waals surface area contributed by atoms with Gasteiger partial charge in [0, 0.05) is 17.0 Å². The predicted molar refractivity (Wildman–Crippen MR) is 50.0 cm³/mol. The van der Waals surface area contributed by atoms with Crippen molar-refractivity contribution >= 4 is 17.6 Å². The van der Waals surface area contributed by atoms with Crippen molar-refractivity contribution in [3.63, 3.8) is 0 Å². The first-order valence-electron chi connectivity index (χ1n) is 4.22. The molecule has 0 bridgehead atoms. The van der Waals surface area contributed by atoms with Gasteiger partial charge in [-0.25, -0.2) is 4.39 Å². The van der Waals surface area contributed by atoms with Crippen LogP contribution in [-0.4, -0.2) is 11.1 Å². The average molecular weight is 215 g/mol. The van der Waals surface area contributed by atoms with Crippen LogP contribution in [0.4, 0.5) is 4.39 Å². The van der Waals surface area contributed by atoms with Crippen molar-refractivity contribution in [3.8, 4) is 0 Å². The van der Waals surface area contributed by atoms with Gasteiger partial charge < -0.3 is 5.11 Å². The lowest BCUT2D eigenvalue weighted by Gasteiger charge is -2.08. The van der Waals surface area contributed by atoms with Crippen molar-refractivity contribution in [2.24, 2.45) is 5.92 Å². The lowest BCUT2D eigenvalue weighted by molar-refractivity contribution is -0.139. The molecule has 0 saturated heterocycles. The number of benzene rings is 1. The second-order valence-electron chi connectivity index (χ2n) is 3.44. The molecule has 1 fully saturated rings. The van der Waals surface area contributed by atoms with E-state index in [0.717, 1.165) is 0 Å². The van der Waals surface area contributed by atoms with E-state index in [1.165, 1.54) is 6.07 Å². The van der Waals surface area contributed by atoms with E-state index in [1.807, 2.05) is 0 Å². The van der Waals surface area contributed by atoms with Crippen molar-refractivity contribution in [1.29, 1.82) is 0 Å². The van der Waals surface area contributed by atoms with Crippen LogP contribution in [0.25, 0.3) is 0 Å². The summed E-state index contributed by atoms with van der Waals surface area (Å²) in [4.78, 5) is 10.6. The Bertz CT molecular complexity index is 393. The monoisotopic (exact) mass is 214 g/mol. The molecule has 0 aromatic heterocycles. The lowest BCUT2D eigenvalue weighted by Crippen LogP contribution is -2.09. The molecule has 0 heterocycles. The van der Waals surface area contributed by atoms with Gasteiger partial charge in [0.1, 0.15) is 0 Å². The predicted octanol–water partition coefficient (Wildman–Crippen LogP) is 2.61. The zero-order chi connectivity index (χ0) is 10.3. The highest BCUT2D eigenvalue weighted by molar-refractivity contribution is 6.31. The van der Waals surface area contributed by atoms with Gasteiger partial charge in [0.05, 0.1) is 5.92 Å². The number of halogens is 2. The third-order valence-electron chi connectivity index (χ3n) is 2.51. The molecule has 1 aliphatic carbocycles. The third kappa shape index (κ3) is 1.28. The van der Waals surface area contributed by atoms with E-state index >= 15 is 0 Å². The van der Waals surface area contributed by atoms with Gasteiger partial charge in [-0.2, -0.15) is 0 Å². The Labute approximate surface area is 85.3 Å². The van der Waals surface area contributed by atoms with Crippen molar-refractivity contribution in [2.75, 3.05) is 0 Å². The normalized spacial score (nSPS) is 30.0. The maximum absolute atomic E-state index is 13.9. The quantitative estimate of drug-likeness (QED) is 0.822. The van der Waals surface area contributed by atoms with Gasteiger partial charge in [-0.3, -0.25) is 4.79 Å². The summed E-state index contributed by atoms with van der Waals surface area (Å²) < 4.78 is 13.9. The van der Waals surface area contributed by atoms with Crippen LogP contribution in [-0.2, 0) is 10.5 Å². The van der Waals surface area contributed by atoms with Gasteiger partial charge in [0.25, 0.3) is 0 Å². The van der Waals surface area contributed by atoms with Gasteiger partial charge in [0.2, 0.25) is 0 Å². The topological polar surface area (TPSA) is 37.3 Å². The smallest absolute Gasteiger partial charge is 0.310 e. The Kier molecular flexibility index (Phi) is 2.00. The highest BCUT2D eigenvalue weighted by Crippen LogP contribution is 2.57. The van der Waals surface area contributed by atoms with Crippen molar-refractivity contribution in [2.45, 2.75) is 12.1 Å². The first kappa shape index (κ1) is 9.46. The molecule has 2 nitrogen and oxygen atoms in total. The van der Waals surface area contributed by atoms with Gasteiger partial charge in [-0.05, 0) is 6.07 Å². The number of alkyl halides is 1. The fourth-order valence-electron chi connectivity index (χ4n) is 1.62. The molecule has 1 aromatic carbocycles. The largest absolute Gasteiger partial charge is 0.481 e. The Hall–Kier alpha value is -1.09. The molecule has 4 heteroatoms. The van der Waals surface area contributed by atoms with Crippen molar-refractivity contribution in [1.82, 2.24) is 0 Å². The molecule has 0 radical (unpaired) electrons. The second-order valence-corrected chi connectivity index (χ2v) is 3.84. The minimum atomic E-state index is -1.76. The zero-order valence-corrected chi connectivity index (χ0v) is 7.96. The summed E-state index contributed by atoms with van der Waals surface area (Å²) >= 11 is 5.79. The fraction of sp³-hybridized carbons (Fsp3) is 0.300. The highest BCUT2D eigenvalue weighted by atomic mass is 35.5. The number of aliphatic carboxylic acids is 1. The van der Waals surface area contributed by atoms with E-state index in [4.69, 9.17) is 16.7 Å². The summed E-state index contributed by atoms with van der Waals surface area (Å²) in [6.07, 6.45) is 0.0199. The average Bonchev–Trinajstić information content (AvgIpc) is 2.80. The molecule has 1 aromatic rings. The first-order valence-corrected chi connectivity index (χ1v) is 4.60. The van der Waals surface area contributed by atoms with Crippen LogP contribution in [0.5, 0.6) is 0 Å². The third-order valence-corrected chi connectivity index (χ3v) is 2.84. The summed E-state index contributed by atoms with van der Waals surface area (Å²) in [5, 5.41) is 8.95. The summed E-state index contributed by atoms with van der Waals surface area (Å²) in [5.74, 6) is -2.05. The van der Waals surface area contributed by atoms with Crippen LogP contribution in [0.15, 0.2) is 24.3 Å². The van der Waals surface area contributed by atoms with Gasteiger partial charge >= 0.3 is 5.97 Å². The zero-order valence-electron chi connectivity index (χ0n) is 7.21. The van der Waals surface area contributed by atoms with E-state index in [1.54, 1.807) is 18.2 Å². The molecule has 1 N–H and O–H groups in total. The highest BCUT2D eigenvalue weighted by Gasteiger charge is 2.62. The Morgan fingerprint density at radius 3 is 2.71 bits per heavy atom. The number of hydrogen-bond donors (Lipinski definition) is 1. The Balaban J connectivity index is 2.34. The van der Waals surface area contributed by atoms with E-state index in [9.17, 15) is 9.18 Å². The molecule has 0 spiro atoms. The lowest BCUT2D eigenvalue weighted by atomic mass is 10.1. The SMILES string of the molecule is O=C(O)[C@H]1C[C@]1(F)c1ccccc1Cl. The Morgan fingerprint density at radius 2 is 2.21 bits per heavy atom. The Morgan fingerprint density at radius 1 is 1.57 bits per heavy atom. The molecule has 0 amide bonds. The standard InChI is InChI=1S/C10H8ClFO2/c11-8-4-2-1-3-6(8)10(12)5-7(10)9(13)14/h1-4,7H,5H2,(H,13,14)/t7-,10+/m1/s1. The van der Waals surface area contributed by atoms with Crippen molar-refractivity contribution in [3.05, 3.63) is 34.9 Å². The van der Waals surface area contributed by atoms with E-state index in [-0.39, 0.29) is 12.0 Å². The maximum Gasteiger partial charge on any atom is 0.310 e. The number of rotatable bonds is 2. The number of hydrogen-bond acceptors (Lipinski definition) is 1. The summed E-state index contributed by atoms with van der Waals surface area (Å²) in [5.41, 5.74) is -1.47. The molecule has 1 aliphatic rings. The van der Waals surface area contributed by atoms with Crippen LogP contribution in [0.1, 0.15) is 12.0 Å². The second kappa shape index (κ2) is 2.95. The van der Waals surface area contributed by atoms with Gasteiger partial charge in [-0.1, -0.05) is 29.8 Å². The molecule has 74 valence electrons. The molecule has 0 aliphatic heterocycles. The van der Waals surface area contributed by atoms with Crippen LogP contribution in [0.3, 0.4) is 0 Å². The maximum atomic E-state index is 13.9. The van der Waals surface area contributed by atoms with Crippen LogP contribution in [0, 0.1) is 5.92 Å². The van der Waals surface area contributed by atoms with Crippen LogP contribution >= 0.6 is 11.6 Å². The first-order chi connectivity index (χ1) is 6.55. The minimum absolute atomic E-state index is 0.0199. The van der Waals surface area contributed by atoms with Crippen LogP contribution < -0.4 is 0 Å². The van der Waals surface area contributed by atoms with E-state index in [0.29, 0.717) is 5.02 Å². The number of carboxylic acids is 1. The minimum Gasteiger partial charge on any atom is -0.481 e. The summed E-state index contributed by atoms with van der Waals surface area (Å²) in [7, 11) is 0. The molecule has 1 saturated carbocycles. The van der Waals surface area contributed by atoms with Crippen LogP contribution in [0.2, 0.25) is 5.02 Å². The molecule has 2 atom stereocenters. The van der Waals surface area contributed by atoms with E-state index < -0.39 is 17.6 Å². The van der Waals surface area contributed by atoms with E-state index in [2.05, 4.69) is 0 Å². The molecule has 14 heavy (non-hydrogen) atoms. The molecular weight excluding hydrogens is 207 g/mol. The molecule has 2 rings (SSSR count). The van der Waals surface area contributed by atoms with Gasteiger partial charge in [-0.15, -0.1) is 0 Å². The number of carboxylic acid groups (broad SMARTS) is 1. The molecular formula is C10H8ClFO2. The number of carbonyl (C=O) groups is 1.